The van der Waals surface area contributed by atoms with E-state index in [0.29, 0.717) is 12.1 Å². The smallest absolute Gasteiger partial charge is 0.0361 e. The van der Waals surface area contributed by atoms with Gasteiger partial charge in [-0.2, -0.15) is 0 Å². The van der Waals surface area contributed by atoms with Crippen LogP contribution in [0.1, 0.15) is 52.9 Å². The van der Waals surface area contributed by atoms with Crippen LogP contribution in [0.25, 0.3) is 0 Å². The molecule has 0 spiro atoms. The molecule has 0 aromatic rings. The average molecular weight is 267 g/mol. The zero-order valence-corrected chi connectivity index (χ0v) is 13.4. The van der Waals surface area contributed by atoms with Gasteiger partial charge in [0.15, 0.2) is 0 Å². The Morgan fingerprint density at radius 3 is 2.32 bits per heavy atom. The number of hydrogen-bond acceptors (Lipinski definition) is 3. The highest BCUT2D eigenvalue weighted by Crippen LogP contribution is 2.41. The van der Waals surface area contributed by atoms with E-state index in [1.165, 1.54) is 45.2 Å². The molecule has 1 aliphatic heterocycles. The minimum atomic E-state index is 0.288. The molecule has 0 amide bonds. The first kappa shape index (κ1) is 15.3. The molecule has 2 N–H and O–H groups in total. The quantitative estimate of drug-likeness (QED) is 0.852. The van der Waals surface area contributed by atoms with Gasteiger partial charge in [-0.1, -0.05) is 26.2 Å². The Morgan fingerprint density at radius 1 is 1.16 bits per heavy atom. The van der Waals surface area contributed by atoms with Crippen LogP contribution in [0.4, 0.5) is 0 Å². The Hall–Kier alpha value is -0.120. The van der Waals surface area contributed by atoms with Crippen LogP contribution < -0.4 is 5.73 Å². The van der Waals surface area contributed by atoms with Crippen molar-refractivity contribution in [3.8, 4) is 0 Å². The molecule has 4 unspecified atom stereocenters. The van der Waals surface area contributed by atoms with Crippen LogP contribution in [-0.4, -0.2) is 54.1 Å². The molecule has 3 heteroatoms. The predicted molar refractivity (Wildman–Crippen MR) is 82.3 cm³/mol. The van der Waals surface area contributed by atoms with Crippen LogP contribution in [0.3, 0.4) is 0 Å². The van der Waals surface area contributed by atoms with Gasteiger partial charge in [0.05, 0.1) is 0 Å². The van der Waals surface area contributed by atoms with Crippen molar-refractivity contribution in [1.82, 2.24) is 9.80 Å². The lowest BCUT2D eigenvalue weighted by Crippen LogP contribution is -2.67. The third-order valence-electron chi connectivity index (χ3n) is 6.01. The Bertz CT molecular complexity index is 282. The lowest BCUT2D eigenvalue weighted by molar-refractivity contribution is -0.0552. The van der Waals surface area contributed by atoms with E-state index in [-0.39, 0.29) is 5.54 Å². The predicted octanol–water partition coefficient (Wildman–Crippen LogP) is 2.31. The van der Waals surface area contributed by atoms with Gasteiger partial charge in [0, 0.05) is 37.3 Å². The summed E-state index contributed by atoms with van der Waals surface area (Å²) in [5.74, 6) is 0.800. The zero-order valence-electron chi connectivity index (χ0n) is 13.4. The molecule has 112 valence electrons. The highest BCUT2D eigenvalue weighted by atomic mass is 15.3. The van der Waals surface area contributed by atoms with E-state index in [1.807, 2.05) is 0 Å². The Kier molecular flexibility index (Phi) is 4.91. The molecule has 0 radical (unpaired) electrons. The Balaban J connectivity index is 2.20. The second kappa shape index (κ2) is 6.11. The van der Waals surface area contributed by atoms with Crippen LogP contribution in [-0.2, 0) is 0 Å². The first-order valence-electron chi connectivity index (χ1n) is 8.22. The standard InChI is InChI=1S/C16H33N3/c1-5-15-8-6-7-9-16(15,12-17)19-10-13(2)18(4)14(3)11-19/h13-15H,5-12,17H2,1-4H3. The summed E-state index contributed by atoms with van der Waals surface area (Å²) < 4.78 is 0. The maximum atomic E-state index is 6.31. The number of rotatable bonds is 3. The summed E-state index contributed by atoms with van der Waals surface area (Å²) in [5, 5.41) is 0. The summed E-state index contributed by atoms with van der Waals surface area (Å²) in [6, 6.07) is 1.29. The van der Waals surface area contributed by atoms with Gasteiger partial charge in [-0.3, -0.25) is 9.80 Å². The molecule has 1 saturated carbocycles. The fraction of sp³-hybridized carbons (Fsp3) is 1.00. The molecule has 2 fully saturated rings. The summed E-state index contributed by atoms with van der Waals surface area (Å²) in [5.41, 5.74) is 6.59. The van der Waals surface area contributed by atoms with E-state index in [0.717, 1.165) is 12.5 Å². The molecular formula is C16H33N3. The fourth-order valence-electron chi connectivity index (χ4n) is 4.46. The highest BCUT2D eigenvalue weighted by Gasteiger charge is 2.45. The van der Waals surface area contributed by atoms with Crippen LogP contribution in [0.2, 0.25) is 0 Å². The highest BCUT2D eigenvalue weighted by molar-refractivity contribution is 5.02. The van der Waals surface area contributed by atoms with Gasteiger partial charge in [0.2, 0.25) is 0 Å². The number of hydrogen-bond donors (Lipinski definition) is 1. The van der Waals surface area contributed by atoms with Crippen molar-refractivity contribution in [2.75, 3.05) is 26.7 Å². The van der Waals surface area contributed by atoms with E-state index in [1.54, 1.807) is 0 Å². The van der Waals surface area contributed by atoms with Crippen molar-refractivity contribution in [3.05, 3.63) is 0 Å². The molecule has 1 heterocycles. The Labute approximate surface area is 119 Å². The molecular weight excluding hydrogens is 234 g/mol. The first-order valence-corrected chi connectivity index (χ1v) is 8.22. The van der Waals surface area contributed by atoms with Crippen LogP contribution >= 0.6 is 0 Å². The molecule has 4 atom stereocenters. The van der Waals surface area contributed by atoms with E-state index < -0.39 is 0 Å². The lowest BCUT2D eigenvalue weighted by atomic mass is 9.69. The van der Waals surface area contributed by atoms with E-state index >= 15 is 0 Å². The van der Waals surface area contributed by atoms with Crippen LogP contribution in [0.15, 0.2) is 0 Å². The maximum Gasteiger partial charge on any atom is 0.0361 e. The first-order chi connectivity index (χ1) is 9.05. The minimum Gasteiger partial charge on any atom is -0.329 e. The summed E-state index contributed by atoms with van der Waals surface area (Å²) in [4.78, 5) is 5.28. The van der Waals surface area contributed by atoms with Crippen molar-refractivity contribution < 1.29 is 0 Å². The van der Waals surface area contributed by atoms with Crippen LogP contribution in [0, 0.1) is 5.92 Å². The molecule has 2 rings (SSSR count). The van der Waals surface area contributed by atoms with Gasteiger partial charge < -0.3 is 5.73 Å². The molecule has 19 heavy (non-hydrogen) atoms. The van der Waals surface area contributed by atoms with Crippen LogP contribution in [0.5, 0.6) is 0 Å². The minimum absolute atomic E-state index is 0.288. The molecule has 1 saturated heterocycles. The van der Waals surface area contributed by atoms with Crippen molar-refractivity contribution in [2.45, 2.75) is 70.5 Å². The third kappa shape index (κ3) is 2.70. The molecule has 0 bridgehead atoms. The third-order valence-corrected chi connectivity index (χ3v) is 6.01. The summed E-state index contributed by atoms with van der Waals surface area (Å²) >= 11 is 0. The van der Waals surface area contributed by atoms with Crippen molar-refractivity contribution in [1.29, 1.82) is 0 Å². The normalized spacial score (nSPS) is 42.5. The SMILES string of the molecule is CCC1CCCCC1(CN)N1CC(C)N(C)C(C)C1. The van der Waals surface area contributed by atoms with E-state index in [9.17, 15) is 0 Å². The van der Waals surface area contributed by atoms with Gasteiger partial charge in [-0.25, -0.2) is 0 Å². The van der Waals surface area contributed by atoms with Gasteiger partial charge in [-0.15, -0.1) is 0 Å². The van der Waals surface area contributed by atoms with Crippen molar-refractivity contribution >= 4 is 0 Å². The number of likely N-dealkylation sites (N-methyl/N-ethyl adjacent to an activating group) is 1. The summed E-state index contributed by atoms with van der Waals surface area (Å²) in [7, 11) is 2.26. The van der Waals surface area contributed by atoms with Gasteiger partial charge in [0.1, 0.15) is 0 Å². The largest absolute Gasteiger partial charge is 0.329 e. The average Bonchev–Trinajstić information content (AvgIpc) is 2.43. The van der Waals surface area contributed by atoms with Gasteiger partial charge >= 0.3 is 0 Å². The number of nitrogens with zero attached hydrogens (tertiary/aromatic N) is 2. The number of nitrogens with two attached hydrogens (primary N) is 1. The van der Waals surface area contributed by atoms with Gasteiger partial charge in [-0.05, 0) is 39.7 Å². The lowest BCUT2D eigenvalue weighted by Gasteiger charge is -2.56. The topological polar surface area (TPSA) is 32.5 Å². The molecule has 1 aliphatic carbocycles. The molecule has 2 aliphatic rings. The second-order valence-corrected chi connectivity index (χ2v) is 6.93. The fourth-order valence-corrected chi connectivity index (χ4v) is 4.46. The summed E-state index contributed by atoms with van der Waals surface area (Å²) in [6.07, 6.45) is 6.74. The Morgan fingerprint density at radius 2 is 1.79 bits per heavy atom. The maximum absolute atomic E-state index is 6.31. The molecule has 0 aromatic carbocycles. The summed E-state index contributed by atoms with van der Waals surface area (Å²) in [6.45, 7) is 10.3. The molecule has 0 aromatic heterocycles. The zero-order chi connectivity index (χ0) is 14.0. The second-order valence-electron chi connectivity index (χ2n) is 6.93. The monoisotopic (exact) mass is 267 g/mol. The van der Waals surface area contributed by atoms with Crippen molar-refractivity contribution in [3.63, 3.8) is 0 Å². The van der Waals surface area contributed by atoms with Gasteiger partial charge in [0.25, 0.3) is 0 Å². The van der Waals surface area contributed by atoms with E-state index in [2.05, 4.69) is 37.6 Å². The number of piperazine rings is 1. The van der Waals surface area contributed by atoms with Crippen molar-refractivity contribution in [2.24, 2.45) is 11.7 Å². The molecule has 3 nitrogen and oxygen atoms in total. The van der Waals surface area contributed by atoms with E-state index in [4.69, 9.17) is 5.73 Å².